The molecule has 0 atom stereocenters. The fourth-order valence-corrected chi connectivity index (χ4v) is 2.06. The van der Waals surface area contributed by atoms with Gasteiger partial charge in [0, 0.05) is 0 Å². The molecular weight excluding hydrogens is 194 g/mol. The van der Waals surface area contributed by atoms with Crippen molar-refractivity contribution in [3.05, 3.63) is 0 Å². The third kappa shape index (κ3) is 10.5. The predicted molar refractivity (Wildman–Crippen MR) is 75.0 cm³/mol. The molecule has 0 saturated carbocycles. The molecule has 16 heavy (non-hydrogen) atoms. The summed E-state index contributed by atoms with van der Waals surface area (Å²) in [5.41, 5.74) is 0. The molecule has 0 saturated heterocycles. The maximum atomic E-state index is 2.69. The van der Waals surface area contributed by atoms with E-state index in [2.05, 4.69) is 25.7 Å². The minimum absolute atomic E-state index is 1.33. The molecule has 0 amide bonds. The summed E-state index contributed by atoms with van der Waals surface area (Å²) in [6.07, 6.45) is 12.4. The molecule has 0 aliphatic heterocycles. The molecule has 98 valence electrons. The highest BCUT2D eigenvalue weighted by Crippen LogP contribution is 2.05. The zero-order valence-corrected chi connectivity index (χ0v) is 11.9. The molecule has 0 radical (unpaired) electrons. The van der Waals surface area contributed by atoms with Gasteiger partial charge in [0.2, 0.25) is 0 Å². The van der Waals surface area contributed by atoms with E-state index >= 15 is 0 Å². The van der Waals surface area contributed by atoms with Crippen LogP contribution in [0.3, 0.4) is 0 Å². The van der Waals surface area contributed by atoms with Crippen LogP contribution < -0.4 is 0 Å². The molecule has 0 heterocycles. The van der Waals surface area contributed by atoms with Crippen LogP contribution in [-0.2, 0) is 0 Å². The van der Waals surface area contributed by atoms with Gasteiger partial charge in [-0.05, 0) is 38.9 Å². The first kappa shape index (κ1) is 16.0. The normalized spacial score (nSPS) is 11.2. The van der Waals surface area contributed by atoms with E-state index in [0.717, 1.165) is 0 Å². The zero-order valence-electron chi connectivity index (χ0n) is 11.9. The summed E-state index contributed by atoms with van der Waals surface area (Å²) in [4.78, 5) is 2.69. The fraction of sp³-hybridized carbons (Fsp3) is 1.00. The zero-order chi connectivity index (χ0) is 12.1. The number of unbranched alkanes of at least 4 members (excludes halogenated alkanes) is 6. The molecule has 0 unspecified atom stereocenters. The third-order valence-corrected chi connectivity index (χ3v) is 3.23. The van der Waals surface area contributed by atoms with Gasteiger partial charge in [-0.15, -0.1) is 0 Å². The second-order valence-electron chi connectivity index (χ2n) is 4.96. The lowest BCUT2D eigenvalue weighted by Crippen LogP contribution is -2.27. The quantitative estimate of drug-likeness (QED) is 0.430. The highest BCUT2D eigenvalue weighted by molar-refractivity contribution is 4.58. The molecule has 0 fully saturated rings. The Morgan fingerprint density at radius 1 is 0.500 bits per heavy atom. The van der Waals surface area contributed by atoms with Gasteiger partial charge in [0.1, 0.15) is 0 Å². The summed E-state index contributed by atoms with van der Waals surface area (Å²) in [6, 6.07) is 0. The van der Waals surface area contributed by atoms with Gasteiger partial charge in [-0.1, -0.05) is 59.3 Å². The molecule has 0 aliphatic rings. The van der Waals surface area contributed by atoms with Crippen molar-refractivity contribution in [2.45, 2.75) is 78.6 Å². The second-order valence-corrected chi connectivity index (χ2v) is 4.96. The third-order valence-electron chi connectivity index (χ3n) is 3.23. The summed E-state index contributed by atoms with van der Waals surface area (Å²) in [5, 5.41) is 0. The van der Waals surface area contributed by atoms with Crippen LogP contribution in [0.25, 0.3) is 0 Å². The molecule has 0 aromatic heterocycles. The van der Waals surface area contributed by atoms with Crippen molar-refractivity contribution < 1.29 is 0 Å². The van der Waals surface area contributed by atoms with E-state index in [0.29, 0.717) is 0 Å². The van der Waals surface area contributed by atoms with Gasteiger partial charge in [-0.25, -0.2) is 0 Å². The first-order valence-corrected chi connectivity index (χ1v) is 7.57. The number of nitrogens with zero attached hydrogens (tertiary/aromatic N) is 1. The fourth-order valence-electron chi connectivity index (χ4n) is 2.06. The van der Waals surface area contributed by atoms with Crippen molar-refractivity contribution in [1.82, 2.24) is 4.90 Å². The maximum Gasteiger partial charge on any atom is -0.00187 e. The summed E-state index contributed by atoms with van der Waals surface area (Å²) in [5.74, 6) is 0. The predicted octanol–water partition coefficient (Wildman–Crippen LogP) is 4.86. The van der Waals surface area contributed by atoms with Crippen molar-refractivity contribution >= 4 is 0 Å². The van der Waals surface area contributed by atoms with Crippen LogP contribution in [0.5, 0.6) is 0 Å². The van der Waals surface area contributed by atoms with Gasteiger partial charge in [-0.3, -0.25) is 0 Å². The van der Waals surface area contributed by atoms with E-state index in [1.807, 2.05) is 0 Å². The molecule has 0 rings (SSSR count). The van der Waals surface area contributed by atoms with Gasteiger partial charge in [0.15, 0.2) is 0 Å². The Labute approximate surface area is 104 Å². The first-order chi connectivity index (χ1) is 7.85. The second kappa shape index (κ2) is 13.0. The molecular formula is C15H33N. The molecule has 0 bridgehead atoms. The molecule has 0 N–H and O–H groups in total. The van der Waals surface area contributed by atoms with E-state index in [-0.39, 0.29) is 0 Å². The van der Waals surface area contributed by atoms with Crippen molar-refractivity contribution in [2.75, 3.05) is 19.6 Å². The largest absolute Gasteiger partial charge is 0.303 e. The van der Waals surface area contributed by atoms with Gasteiger partial charge >= 0.3 is 0 Å². The molecule has 0 aliphatic carbocycles. The van der Waals surface area contributed by atoms with E-state index in [4.69, 9.17) is 0 Å². The Hall–Kier alpha value is -0.0400. The Morgan fingerprint density at radius 3 is 1.50 bits per heavy atom. The molecule has 0 aromatic carbocycles. The summed E-state index contributed by atoms with van der Waals surface area (Å²) in [6.45, 7) is 10.9. The minimum atomic E-state index is 1.33. The SMILES string of the molecule is CCCCCCN(CCCC)CCCCC. The monoisotopic (exact) mass is 227 g/mol. The topological polar surface area (TPSA) is 3.24 Å². The first-order valence-electron chi connectivity index (χ1n) is 7.57. The molecule has 0 aromatic rings. The highest BCUT2D eigenvalue weighted by Gasteiger charge is 2.03. The number of rotatable bonds is 12. The lowest BCUT2D eigenvalue weighted by Gasteiger charge is -2.21. The van der Waals surface area contributed by atoms with Gasteiger partial charge in [0.05, 0.1) is 0 Å². The summed E-state index contributed by atoms with van der Waals surface area (Å²) >= 11 is 0. The highest BCUT2D eigenvalue weighted by atomic mass is 15.1. The average Bonchev–Trinajstić information content (AvgIpc) is 2.31. The number of hydrogen-bond donors (Lipinski definition) is 0. The average molecular weight is 227 g/mol. The van der Waals surface area contributed by atoms with Crippen LogP contribution >= 0.6 is 0 Å². The summed E-state index contributed by atoms with van der Waals surface area (Å²) in [7, 11) is 0. The Balaban J connectivity index is 3.54. The minimum Gasteiger partial charge on any atom is -0.303 e. The lowest BCUT2D eigenvalue weighted by molar-refractivity contribution is 0.257. The Bertz CT molecular complexity index is 123. The maximum absolute atomic E-state index is 2.69. The van der Waals surface area contributed by atoms with Gasteiger partial charge < -0.3 is 4.90 Å². The van der Waals surface area contributed by atoms with Crippen LogP contribution in [0.15, 0.2) is 0 Å². The standard InChI is InChI=1S/C15H33N/c1-4-7-10-12-15-16(13-9-6-3)14-11-8-5-2/h4-15H2,1-3H3. The summed E-state index contributed by atoms with van der Waals surface area (Å²) < 4.78 is 0. The van der Waals surface area contributed by atoms with E-state index < -0.39 is 0 Å². The van der Waals surface area contributed by atoms with Crippen LogP contribution in [0.2, 0.25) is 0 Å². The van der Waals surface area contributed by atoms with Gasteiger partial charge in [0.25, 0.3) is 0 Å². The van der Waals surface area contributed by atoms with Crippen LogP contribution in [0.1, 0.15) is 78.6 Å². The van der Waals surface area contributed by atoms with Gasteiger partial charge in [-0.2, -0.15) is 0 Å². The van der Waals surface area contributed by atoms with E-state index in [1.165, 1.54) is 77.4 Å². The molecule has 0 spiro atoms. The van der Waals surface area contributed by atoms with Crippen molar-refractivity contribution in [3.63, 3.8) is 0 Å². The number of hydrogen-bond acceptors (Lipinski definition) is 1. The molecule has 1 nitrogen and oxygen atoms in total. The van der Waals surface area contributed by atoms with Crippen molar-refractivity contribution in [3.8, 4) is 0 Å². The Morgan fingerprint density at radius 2 is 0.938 bits per heavy atom. The molecule has 1 heteroatoms. The van der Waals surface area contributed by atoms with Crippen LogP contribution in [-0.4, -0.2) is 24.5 Å². The van der Waals surface area contributed by atoms with E-state index in [1.54, 1.807) is 0 Å². The van der Waals surface area contributed by atoms with Crippen LogP contribution in [0.4, 0.5) is 0 Å². The lowest BCUT2D eigenvalue weighted by atomic mass is 10.2. The van der Waals surface area contributed by atoms with Crippen LogP contribution in [0, 0.1) is 0 Å². The van der Waals surface area contributed by atoms with Crippen molar-refractivity contribution in [1.29, 1.82) is 0 Å². The smallest absolute Gasteiger partial charge is 0.00187 e. The van der Waals surface area contributed by atoms with Crippen molar-refractivity contribution in [2.24, 2.45) is 0 Å². The van der Waals surface area contributed by atoms with E-state index in [9.17, 15) is 0 Å². The Kier molecular flexibility index (Phi) is 13.0.